The minimum Gasteiger partial charge on any atom is -0.278 e. The molecule has 0 radical (unpaired) electrons. The molecule has 0 amide bonds. The lowest BCUT2D eigenvalue weighted by Crippen LogP contribution is -1.86. The van der Waals surface area contributed by atoms with Crippen LogP contribution in [0.15, 0.2) is 43.4 Å². The number of aromatic amines is 1. The van der Waals surface area contributed by atoms with E-state index in [1.807, 2.05) is 18.2 Å². The maximum absolute atomic E-state index is 4.02. The van der Waals surface area contributed by atoms with Gasteiger partial charge < -0.3 is 0 Å². The van der Waals surface area contributed by atoms with Gasteiger partial charge in [-0.05, 0) is 12.1 Å². The number of hydrogen-bond acceptors (Lipinski definition) is 2. The molecule has 0 unspecified atom stereocenters. The minimum absolute atomic E-state index is 0.908. The van der Waals surface area contributed by atoms with E-state index in [4.69, 9.17) is 0 Å². The molecule has 2 rings (SSSR count). The Morgan fingerprint density at radius 3 is 2.85 bits per heavy atom. The average Bonchev–Trinajstić information content (AvgIpc) is 2.71. The summed E-state index contributed by atoms with van der Waals surface area (Å²) in [6.07, 6.45) is 5.23. The molecule has 0 saturated carbocycles. The molecule has 3 heteroatoms. The van der Waals surface area contributed by atoms with Crippen molar-refractivity contribution in [2.75, 3.05) is 0 Å². The monoisotopic (exact) mass is 171 g/mol. The van der Waals surface area contributed by atoms with E-state index in [1.165, 1.54) is 0 Å². The largest absolute Gasteiger partial charge is 0.278 e. The molecule has 0 aliphatic carbocycles. The van der Waals surface area contributed by atoms with Gasteiger partial charge in [0.2, 0.25) is 0 Å². The maximum atomic E-state index is 4.02. The van der Waals surface area contributed by atoms with Gasteiger partial charge in [-0.15, -0.1) is 0 Å². The van der Waals surface area contributed by atoms with E-state index in [9.17, 15) is 0 Å². The van der Waals surface area contributed by atoms with Gasteiger partial charge in [-0.3, -0.25) is 10.1 Å². The van der Waals surface area contributed by atoms with Crippen LogP contribution in [0.4, 0.5) is 0 Å². The predicted octanol–water partition coefficient (Wildman–Crippen LogP) is 1.87. The van der Waals surface area contributed by atoms with Crippen LogP contribution in [0.5, 0.6) is 0 Å². The number of rotatable bonds is 2. The highest BCUT2D eigenvalue weighted by atomic mass is 15.1. The topological polar surface area (TPSA) is 41.6 Å². The van der Waals surface area contributed by atoms with Gasteiger partial charge in [0.1, 0.15) is 0 Å². The summed E-state index contributed by atoms with van der Waals surface area (Å²) < 4.78 is 0. The highest BCUT2D eigenvalue weighted by molar-refractivity contribution is 5.75. The Morgan fingerprint density at radius 1 is 1.31 bits per heavy atom. The van der Waals surface area contributed by atoms with E-state index in [1.54, 1.807) is 18.6 Å². The molecule has 0 aliphatic heterocycles. The Morgan fingerprint density at radius 2 is 2.23 bits per heavy atom. The third-order valence-corrected chi connectivity index (χ3v) is 1.84. The maximum Gasteiger partial charge on any atom is 0.0650 e. The normalized spacial score (nSPS) is 9.85. The lowest BCUT2D eigenvalue weighted by Gasteiger charge is -2.00. The molecule has 0 aromatic carbocycles. The number of nitrogens with one attached hydrogen (secondary N) is 1. The van der Waals surface area contributed by atoms with Crippen molar-refractivity contribution in [3.8, 4) is 0 Å². The second kappa shape index (κ2) is 3.23. The second-order valence-electron chi connectivity index (χ2n) is 2.69. The first-order valence-electron chi connectivity index (χ1n) is 3.97. The van der Waals surface area contributed by atoms with E-state index in [-0.39, 0.29) is 0 Å². The Kier molecular flexibility index (Phi) is 1.92. The molecule has 0 fully saturated rings. The number of hydrogen-bond donors (Lipinski definition) is 1. The summed E-state index contributed by atoms with van der Waals surface area (Å²) in [5.74, 6) is 0. The van der Waals surface area contributed by atoms with E-state index >= 15 is 0 Å². The van der Waals surface area contributed by atoms with Gasteiger partial charge in [-0.25, -0.2) is 0 Å². The summed E-state index contributed by atoms with van der Waals surface area (Å²) in [4.78, 5) is 4.02. The highest BCUT2D eigenvalue weighted by Crippen LogP contribution is 2.17. The van der Waals surface area contributed by atoms with Crippen molar-refractivity contribution in [3.05, 3.63) is 54.6 Å². The van der Waals surface area contributed by atoms with Crippen LogP contribution >= 0.6 is 0 Å². The summed E-state index contributed by atoms with van der Waals surface area (Å²) in [6, 6.07) is 5.74. The summed E-state index contributed by atoms with van der Waals surface area (Å²) in [5.41, 5.74) is 2.84. The van der Waals surface area contributed by atoms with Crippen molar-refractivity contribution >= 4 is 5.57 Å². The van der Waals surface area contributed by atoms with Crippen LogP contribution in [-0.2, 0) is 0 Å². The Labute approximate surface area is 76.1 Å². The van der Waals surface area contributed by atoms with E-state index in [0.717, 1.165) is 16.8 Å². The third kappa shape index (κ3) is 1.49. The number of nitrogens with zero attached hydrogens (tertiary/aromatic N) is 2. The summed E-state index contributed by atoms with van der Waals surface area (Å²) >= 11 is 0. The van der Waals surface area contributed by atoms with Crippen LogP contribution in [0.3, 0.4) is 0 Å². The van der Waals surface area contributed by atoms with Crippen molar-refractivity contribution in [3.63, 3.8) is 0 Å². The van der Waals surface area contributed by atoms with Crippen LogP contribution in [0.25, 0.3) is 5.57 Å². The molecule has 3 nitrogen and oxygen atoms in total. The van der Waals surface area contributed by atoms with Gasteiger partial charge in [-0.2, -0.15) is 5.10 Å². The van der Waals surface area contributed by atoms with Gasteiger partial charge in [0, 0.05) is 29.7 Å². The molecule has 0 saturated heterocycles. The zero-order valence-electron chi connectivity index (χ0n) is 7.07. The van der Waals surface area contributed by atoms with Crippen LogP contribution in [0, 0.1) is 0 Å². The van der Waals surface area contributed by atoms with Gasteiger partial charge in [0.15, 0.2) is 0 Å². The first kappa shape index (κ1) is 7.73. The van der Waals surface area contributed by atoms with Gasteiger partial charge in [0.05, 0.1) is 5.69 Å². The standard InChI is InChI=1S/C10H9N3/c1-8(10-4-6-12-13-10)9-3-2-5-11-7-9/h2-7H,1H2,(H,12,13). The fourth-order valence-corrected chi connectivity index (χ4v) is 1.12. The van der Waals surface area contributed by atoms with Crippen LogP contribution in [-0.4, -0.2) is 15.2 Å². The Bertz CT molecular complexity index is 389. The van der Waals surface area contributed by atoms with Crippen molar-refractivity contribution in [1.29, 1.82) is 0 Å². The zero-order chi connectivity index (χ0) is 9.10. The molecule has 0 bridgehead atoms. The van der Waals surface area contributed by atoms with Crippen molar-refractivity contribution in [2.45, 2.75) is 0 Å². The lowest BCUT2D eigenvalue weighted by atomic mass is 10.1. The molecule has 13 heavy (non-hydrogen) atoms. The molecule has 2 aromatic rings. The number of pyridine rings is 1. The van der Waals surface area contributed by atoms with Gasteiger partial charge in [-0.1, -0.05) is 12.6 Å². The quantitative estimate of drug-likeness (QED) is 0.749. The predicted molar refractivity (Wildman–Crippen MR) is 51.0 cm³/mol. The summed E-state index contributed by atoms with van der Waals surface area (Å²) in [6.45, 7) is 3.96. The molecule has 0 atom stereocenters. The lowest BCUT2D eigenvalue weighted by molar-refractivity contribution is 1.07. The van der Waals surface area contributed by atoms with Crippen LogP contribution in [0.2, 0.25) is 0 Å². The molecule has 0 aliphatic rings. The smallest absolute Gasteiger partial charge is 0.0650 e. The van der Waals surface area contributed by atoms with Crippen LogP contribution < -0.4 is 0 Å². The fraction of sp³-hybridized carbons (Fsp3) is 0. The Balaban J connectivity index is 2.34. The van der Waals surface area contributed by atoms with Crippen molar-refractivity contribution < 1.29 is 0 Å². The first-order chi connectivity index (χ1) is 6.38. The van der Waals surface area contributed by atoms with Crippen molar-refractivity contribution in [1.82, 2.24) is 15.2 Å². The highest BCUT2D eigenvalue weighted by Gasteiger charge is 2.01. The molecule has 64 valence electrons. The molecule has 2 aromatic heterocycles. The summed E-state index contributed by atoms with van der Waals surface area (Å²) in [5, 5.41) is 6.72. The third-order valence-electron chi connectivity index (χ3n) is 1.84. The fourth-order valence-electron chi connectivity index (χ4n) is 1.12. The number of aromatic nitrogens is 3. The molecular weight excluding hydrogens is 162 g/mol. The average molecular weight is 171 g/mol. The van der Waals surface area contributed by atoms with E-state index in [2.05, 4.69) is 21.8 Å². The molecule has 0 spiro atoms. The van der Waals surface area contributed by atoms with Crippen LogP contribution in [0.1, 0.15) is 11.3 Å². The van der Waals surface area contributed by atoms with Gasteiger partial charge in [0.25, 0.3) is 0 Å². The minimum atomic E-state index is 0.908. The number of H-pyrrole nitrogens is 1. The van der Waals surface area contributed by atoms with Gasteiger partial charge >= 0.3 is 0 Å². The summed E-state index contributed by atoms with van der Waals surface area (Å²) in [7, 11) is 0. The SMILES string of the molecule is C=C(c1cccnc1)c1ccn[nH]1. The zero-order valence-corrected chi connectivity index (χ0v) is 7.07. The Hall–Kier alpha value is -1.90. The molecular formula is C10H9N3. The van der Waals surface area contributed by atoms with E-state index < -0.39 is 0 Å². The van der Waals surface area contributed by atoms with Crippen molar-refractivity contribution in [2.24, 2.45) is 0 Å². The molecule has 1 N–H and O–H groups in total. The first-order valence-corrected chi connectivity index (χ1v) is 3.97. The van der Waals surface area contributed by atoms with E-state index in [0.29, 0.717) is 0 Å². The second-order valence-corrected chi connectivity index (χ2v) is 2.69. The molecule has 2 heterocycles.